The first-order valence-corrected chi connectivity index (χ1v) is 8.58. The standard InChI is InChI=1S/C21H15F3N2O4/c22-21(23,24)30-19-11-5-16(6-12-19)26-20(28)25-15-3-9-18(10-4-15)29-17-7-1-14(13-27)2-8-17/h1-13H,(H2,25,26,28). The highest BCUT2D eigenvalue weighted by Crippen LogP contribution is 2.25. The Balaban J connectivity index is 1.53. The predicted molar refractivity (Wildman–Crippen MR) is 104 cm³/mol. The highest BCUT2D eigenvalue weighted by molar-refractivity contribution is 5.99. The lowest BCUT2D eigenvalue weighted by atomic mass is 10.2. The van der Waals surface area contributed by atoms with Crippen molar-refractivity contribution in [2.45, 2.75) is 6.36 Å². The monoisotopic (exact) mass is 416 g/mol. The second-order valence-electron chi connectivity index (χ2n) is 5.96. The molecule has 6 nitrogen and oxygen atoms in total. The fourth-order valence-corrected chi connectivity index (χ4v) is 2.39. The molecule has 0 aliphatic heterocycles. The number of halogens is 3. The molecule has 0 aliphatic carbocycles. The number of ether oxygens (including phenoxy) is 2. The van der Waals surface area contributed by atoms with Crippen molar-refractivity contribution in [3.63, 3.8) is 0 Å². The normalized spacial score (nSPS) is 10.8. The molecular weight excluding hydrogens is 401 g/mol. The van der Waals surface area contributed by atoms with Gasteiger partial charge in [-0.2, -0.15) is 0 Å². The van der Waals surface area contributed by atoms with Crippen LogP contribution >= 0.6 is 0 Å². The Kier molecular flexibility index (Phi) is 6.21. The first kappa shape index (κ1) is 20.7. The lowest BCUT2D eigenvalue weighted by Crippen LogP contribution is -2.19. The summed E-state index contributed by atoms with van der Waals surface area (Å²) >= 11 is 0. The van der Waals surface area contributed by atoms with Crippen LogP contribution in [-0.2, 0) is 0 Å². The number of anilines is 2. The molecule has 3 rings (SSSR count). The number of benzene rings is 3. The van der Waals surface area contributed by atoms with E-state index in [0.29, 0.717) is 28.4 Å². The number of aldehydes is 1. The minimum atomic E-state index is -4.78. The lowest BCUT2D eigenvalue weighted by molar-refractivity contribution is -0.274. The number of rotatable bonds is 6. The van der Waals surface area contributed by atoms with Gasteiger partial charge in [0, 0.05) is 16.9 Å². The van der Waals surface area contributed by atoms with Gasteiger partial charge in [-0.1, -0.05) is 0 Å². The topological polar surface area (TPSA) is 76.7 Å². The smallest absolute Gasteiger partial charge is 0.457 e. The number of carbonyl (C=O) groups is 2. The van der Waals surface area contributed by atoms with E-state index in [9.17, 15) is 22.8 Å². The first-order valence-electron chi connectivity index (χ1n) is 8.58. The van der Waals surface area contributed by atoms with Gasteiger partial charge in [0.1, 0.15) is 23.5 Å². The molecule has 2 N–H and O–H groups in total. The van der Waals surface area contributed by atoms with Crippen LogP contribution in [0.3, 0.4) is 0 Å². The van der Waals surface area contributed by atoms with E-state index in [2.05, 4.69) is 15.4 Å². The van der Waals surface area contributed by atoms with Gasteiger partial charge in [-0.15, -0.1) is 13.2 Å². The van der Waals surface area contributed by atoms with Crippen LogP contribution in [0.5, 0.6) is 17.2 Å². The largest absolute Gasteiger partial charge is 0.573 e. The van der Waals surface area contributed by atoms with Crippen molar-refractivity contribution in [1.82, 2.24) is 0 Å². The number of alkyl halides is 3. The molecule has 0 fully saturated rings. The van der Waals surface area contributed by atoms with Crippen LogP contribution in [0, 0.1) is 0 Å². The Labute approximate surface area is 169 Å². The Morgan fingerprint density at radius 3 is 1.60 bits per heavy atom. The van der Waals surface area contributed by atoms with Crippen molar-refractivity contribution in [2.24, 2.45) is 0 Å². The van der Waals surface area contributed by atoms with E-state index in [1.807, 2.05) is 0 Å². The molecule has 0 heterocycles. The molecule has 0 aromatic heterocycles. The maximum Gasteiger partial charge on any atom is 0.573 e. The van der Waals surface area contributed by atoms with E-state index in [4.69, 9.17) is 4.74 Å². The zero-order valence-corrected chi connectivity index (χ0v) is 15.3. The molecule has 0 bridgehead atoms. The molecule has 0 atom stereocenters. The molecule has 30 heavy (non-hydrogen) atoms. The van der Waals surface area contributed by atoms with E-state index in [0.717, 1.165) is 18.4 Å². The van der Waals surface area contributed by atoms with E-state index < -0.39 is 12.4 Å². The maximum atomic E-state index is 12.2. The van der Waals surface area contributed by atoms with E-state index in [1.165, 1.54) is 12.1 Å². The summed E-state index contributed by atoms with van der Waals surface area (Å²) in [6.07, 6.45) is -4.04. The minimum absolute atomic E-state index is 0.292. The molecule has 0 unspecified atom stereocenters. The Morgan fingerprint density at radius 2 is 1.17 bits per heavy atom. The number of nitrogens with one attached hydrogen (secondary N) is 2. The van der Waals surface area contributed by atoms with Gasteiger partial charge in [-0.3, -0.25) is 4.79 Å². The van der Waals surface area contributed by atoms with Gasteiger partial charge in [0.05, 0.1) is 0 Å². The summed E-state index contributed by atoms with van der Waals surface area (Å²) in [4.78, 5) is 22.7. The molecule has 9 heteroatoms. The van der Waals surface area contributed by atoms with Crippen molar-refractivity contribution >= 4 is 23.7 Å². The van der Waals surface area contributed by atoms with Gasteiger partial charge >= 0.3 is 12.4 Å². The SMILES string of the molecule is O=Cc1ccc(Oc2ccc(NC(=O)Nc3ccc(OC(F)(F)F)cc3)cc2)cc1. The summed E-state index contributed by atoms with van der Waals surface area (Å²) < 4.78 is 45.9. The van der Waals surface area contributed by atoms with Gasteiger partial charge < -0.3 is 20.1 Å². The fraction of sp³-hybridized carbons (Fsp3) is 0.0476. The van der Waals surface area contributed by atoms with Gasteiger partial charge in [0.2, 0.25) is 0 Å². The highest BCUT2D eigenvalue weighted by Gasteiger charge is 2.30. The Hall–Kier alpha value is -4.01. The van der Waals surface area contributed by atoms with Crippen LogP contribution in [0.1, 0.15) is 10.4 Å². The molecule has 0 radical (unpaired) electrons. The number of carbonyl (C=O) groups excluding carboxylic acids is 2. The minimum Gasteiger partial charge on any atom is -0.457 e. The summed E-state index contributed by atoms with van der Waals surface area (Å²) in [5.74, 6) is 0.696. The number of urea groups is 1. The molecular formula is C21H15F3N2O4. The van der Waals surface area contributed by atoms with Crippen LogP contribution in [-0.4, -0.2) is 18.7 Å². The van der Waals surface area contributed by atoms with Crippen LogP contribution in [0.25, 0.3) is 0 Å². The fourth-order valence-electron chi connectivity index (χ4n) is 2.39. The average molecular weight is 416 g/mol. The third-order valence-corrected chi connectivity index (χ3v) is 3.71. The summed E-state index contributed by atoms with van der Waals surface area (Å²) in [5.41, 5.74) is 1.31. The molecule has 0 aliphatic rings. The van der Waals surface area contributed by atoms with Crippen LogP contribution in [0.4, 0.5) is 29.3 Å². The van der Waals surface area contributed by atoms with E-state index in [-0.39, 0.29) is 5.75 Å². The first-order chi connectivity index (χ1) is 14.3. The van der Waals surface area contributed by atoms with E-state index in [1.54, 1.807) is 48.5 Å². The van der Waals surface area contributed by atoms with Gasteiger partial charge in [-0.05, 0) is 72.8 Å². The van der Waals surface area contributed by atoms with Gasteiger partial charge in [0.15, 0.2) is 0 Å². The predicted octanol–water partition coefficient (Wildman–Crippen LogP) is 5.83. The lowest BCUT2D eigenvalue weighted by Gasteiger charge is -2.11. The van der Waals surface area contributed by atoms with Crippen LogP contribution in [0.15, 0.2) is 72.8 Å². The summed E-state index contributed by atoms with van der Waals surface area (Å²) in [6, 6.07) is 17.3. The zero-order valence-electron chi connectivity index (χ0n) is 15.3. The van der Waals surface area contributed by atoms with E-state index >= 15 is 0 Å². The second kappa shape index (κ2) is 8.99. The van der Waals surface area contributed by atoms with Crippen molar-refractivity contribution in [2.75, 3.05) is 10.6 Å². The second-order valence-corrected chi connectivity index (χ2v) is 5.96. The van der Waals surface area contributed by atoms with Crippen molar-refractivity contribution in [3.05, 3.63) is 78.4 Å². The van der Waals surface area contributed by atoms with Crippen LogP contribution in [0.2, 0.25) is 0 Å². The van der Waals surface area contributed by atoms with Crippen molar-refractivity contribution in [3.8, 4) is 17.2 Å². The maximum absolute atomic E-state index is 12.2. The number of amides is 2. The molecule has 3 aromatic carbocycles. The molecule has 0 spiro atoms. The summed E-state index contributed by atoms with van der Waals surface area (Å²) in [6.45, 7) is 0. The Bertz CT molecular complexity index is 1000. The highest BCUT2D eigenvalue weighted by atomic mass is 19.4. The third-order valence-electron chi connectivity index (χ3n) is 3.71. The summed E-state index contributed by atoms with van der Waals surface area (Å²) in [5, 5.41) is 5.09. The third kappa shape index (κ3) is 6.26. The molecule has 0 saturated heterocycles. The summed E-state index contributed by atoms with van der Waals surface area (Å²) in [7, 11) is 0. The van der Waals surface area contributed by atoms with Crippen molar-refractivity contribution in [1.29, 1.82) is 0 Å². The number of hydrogen-bond acceptors (Lipinski definition) is 4. The molecule has 2 amide bonds. The molecule has 0 saturated carbocycles. The quantitative estimate of drug-likeness (QED) is 0.496. The molecule has 154 valence electrons. The van der Waals surface area contributed by atoms with Crippen LogP contribution < -0.4 is 20.1 Å². The molecule has 3 aromatic rings. The zero-order chi connectivity index (χ0) is 21.6. The number of hydrogen-bond donors (Lipinski definition) is 2. The van der Waals surface area contributed by atoms with Crippen molar-refractivity contribution < 1.29 is 32.2 Å². The van der Waals surface area contributed by atoms with Gasteiger partial charge in [-0.25, -0.2) is 4.79 Å². The average Bonchev–Trinajstić information content (AvgIpc) is 2.70. The van der Waals surface area contributed by atoms with Gasteiger partial charge in [0.25, 0.3) is 0 Å². The Morgan fingerprint density at radius 1 is 0.733 bits per heavy atom.